The second kappa shape index (κ2) is 11.3. The predicted molar refractivity (Wildman–Crippen MR) is 140 cm³/mol. The van der Waals surface area contributed by atoms with Crippen LogP contribution in [-0.2, 0) is 27.2 Å². The van der Waals surface area contributed by atoms with Gasteiger partial charge in [-0.05, 0) is 70.4 Å². The Morgan fingerprint density at radius 2 is 1.89 bits per heavy atom. The lowest BCUT2D eigenvalue weighted by Crippen LogP contribution is -2.39. The van der Waals surface area contributed by atoms with Crippen LogP contribution in [0.3, 0.4) is 0 Å². The number of carbonyl (C=O) groups excluding carboxylic acids is 3. The Morgan fingerprint density at radius 1 is 1.20 bits per heavy atom. The van der Waals surface area contributed by atoms with Crippen molar-refractivity contribution in [3.63, 3.8) is 0 Å². The Labute approximate surface area is 214 Å². The van der Waals surface area contributed by atoms with Gasteiger partial charge in [-0.25, -0.2) is 9.59 Å². The van der Waals surface area contributed by atoms with E-state index in [1.807, 2.05) is 39.8 Å². The minimum atomic E-state index is -0.598. The number of esters is 1. The Kier molecular flexibility index (Phi) is 8.71. The Bertz CT molecular complexity index is 1080. The van der Waals surface area contributed by atoms with Gasteiger partial charge in [0.25, 0.3) is 0 Å². The maximum atomic E-state index is 13.2. The van der Waals surface area contributed by atoms with Gasteiger partial charge in [0.15, 0.2) is 0 Å². The summed E-state index contributed by atoms with van der Waals surface area (Å²) in [6.45, 7) is 10.1. The molecule has 1 aliphatic rings. The largest absolute Gasteiger partial charge is 0.462 e. The molecule has 2 heterocycles. The highest BCUT2D eigenvalue weighted by molar-refractivity contribution is 8.00. The van der Waals surface area contributed by atoms with Crippen molar-refractivity contribution < 1.29 is 23.9 Å². The quantitative estimate of drug-likeness (QED) is 0.290. The Morgan fingerprint density at radius 3 is 2.49 bits per heavy atom. The van der Waals surface area contributed by atoms with Crippen molar-refractivity contribution in [2.24, 2.45) is 0 Å². The van der Waals surface area contributed by atoms with Gasteiger partial charge in [-0.2, -0.15) is 0 Å². The van der Waals surface area contributed by atoms with Crippen molar-refractivity contribution >= 4 is 51.8 Å². The van der Waals surface area contributed by atoms with Gasteiger partial charge in [0.05, 0.1) is 24.0 Å². The highest BCUT2D eigenvalue weighted by Gasteiger charge is 2.33. The number of rotatable bonds is 7. The van der Waals surface area contributed by atoms with Crippen molar-refractivity contribution in [2.45, 2.75) is 69.8 Å². The maximum absolute atomic E-state index is 13.2. The number of ether oxygens (including phenoxy) is 2. The number of anilines is 2. The minimum absolute atomic E-state index is 0.192. The summed E-state index contributed by atoms with van der Waals surface area (Å²) in [5.41, 5.74) is 7.04. The van der Waals surface area contributed by atoms with Crippen LogP contribution in [0.15, 0.2) is 29.2 Å². The Hall–Kier alpha value is -2.72. The van der Waals surface area contributed by atoms with Crippen LogP contribution in [0.25, 0.3) is 0 Å². The number of nitrogens with one attached hydrogen (secondary N) is 1. The lowest BCUT2D eigenvalue weighted by atomic mass is 10.0. The fraction of sp³-hybridized carbons (Fsp3) is 0.480. The van der Waals surface area contributed by atoms with Crippen molar-refractivity contribution in [1.29, 1.82) is 0 Å². The van der Waals surface area contributed by atoms with Crippen LogP contribution in [0.2, 0.25) is 0 Å². The molecule has 2 aromatic rings. The van der Waals surface area contributed by atoms with Crippen LogP contribution < -0.4 is 11.1 Å². The number of thiophene rings is 1. The number of carbonyl (C=O) groups is 3. The monoisotopic (exact) mass is 519 g/mol. The molecule has 0 bridgehead atoms. The summed E-state index contributed by atoms with van der Waals surface area (Å²) < 4.78 is 10.8. The highest BCUT2D eigenvalue weighted by Crippen LogP contribution is 2.39. The molecular weight excluding hydrogens is 486 g/mol. The van der Waals surface area contributed by atoms with Crippen LogP contribution in [0.4, 0.5) is 15.5 Å². The van der Waals surface area contributed by atoms with E-state index in [9.17, 15) is 14.4 Å². The number of nitrogens with zero attached hydrogens (tertiary/aromatic N) is 1. The maximum Gasteiger partial charge on any atom is 0.410 e. The van der Waals surface area contributed by atoms with Crippen molar-refractivity contribution in [3.8, 4) is 0 Å². The third-order valence-electron chi connectivity index (χ3n) is 5.25. The standard InChI is InChI=1S/C25H33N3O5S2/c1-6-18(34-16-10-8-15(26)9-11-16)21(29)27-22-20(23(30)32-7-2)17-12-13-28(14-19(17)35-22)24(31)33-25(3,4)5/h8-11,18H,6-7,12-14,26H2,1-5H3,(H,27,29). The summed E-state index contributed by atoms with van der Waals surface area (Å²) in [5, 5.41) is 3.07. The average Bonchev–Trinajstić information content (AvgIpc) is 3.14. The van der Waals surface area contributed by atoms with Gasteiger partial charge in [0, 0.05) is 22.0 Å². The van der Waals surface area contributed by atoms with Crippen LogP contribution in [0.5, 0.6) is 0 Å². The number of nitrogen functional groups attached to an aromatic ring is 1. The first kappa shape index (κ1) is 26.9. The number of hydrogen-bond donors (Lipinski definition) is 2. The molecule has 1 aliphatic heterocycles. The van der Waals surface area contributed by atoms with Crippen LogP contribution in [0, 0.1) is 0 Å². The summed E-state index contributed by atoms with van der Waals surface area (Å²) in [7, 11) is 0. The van der Waals surface area contributed by atoms with E-state index in [2.05, 4.69) is 5.32 Å². The summed E-state index contributed by atoms with van der Waals surface area (Å²) in [6.07, 6.45) is 0.686. The normalized spacial score (nSPS) is 14.1. The van der Waals surface area contributed by atoms with E-state index in [0.717, 1.165) is 15.3 Å². The second-order valence-electron chi connectivity index (χ2n) is 9.15. The van der Waals surface area contributed by atoms with Gasteiger partial charge in [-0.3, -0.25) is 4.79 Å². The van der Waals surface area contributed by atoms with Crippen molar-refractivity contribution in [3.05, 3.63) is 40.3 Å². The lowest BCUT2D eigenvalue weighted by molar-refractivity contribution is -0.115. The van der Waals surface area contributed by atoms with E-state index >= 15 is 0 Å². The van der Waals surface area contributed by atoms with E-state index in [4.69, 9.17) is 15.2 Å². The zero-order valence-electron chi connectivity index (χ0n) is 20.8. The number of benzene rings is 1. The summed E-state index contributed by atoms with van der Waals surface area (Å²) in [5.74, 6) is -0.660. The molecule has 1 aromatic heterocycles. The van der Waals surface area contributed by atoms with E-state index in [0.29, 0.717) is 42.2 Å². The van der Waals surface area contributed by atoms with Gasteiger partial charge in [0.2, 0.25) is 5.91 Å². The minimum Gasteiger partial charge on any atom is -0.462 e. The first-order valence-electron chi connectivity index (χ1n) is 11.6. The first-order valence-corrected chi connectivity index (χ1v) is 13.3. The fourth-order valence-electron chi connectivity index (χ4n) is 3.62. The number of nitrogens with two attached hydrogens (primary N) is 1. The molecule has 0 aliphatic carbocycles. The molecule has 3 rings (SSSR count). The molecular formula is C25H33N3O5S2. The molecule has 3 N–H and O–H groups in total. The summed E-state index contributed by atoms with van der Waals surface area (Å²) in [4.78, 5) is 42.1. The molecule has 1 aromatic carbocycles. The molecule has 1 atom stereocenters. The fourth-order valence-corrected chi connectivity index (χ4v) is 5.83. The van der Waals surface area contributed by atoms with E-state index in [1.54, 1.807) is 24.0 Å². The number of thioether (sulfide) groups is 1. The third kappa shape index (κ3) is 6.91. The molecule has 190 valence electrons. The van der Waals surface area contributed by atoms with Crippen LogP contribution >= 0.6 is 23.1 Å². The zero-order valence-corrected chi connectivity index (χ0v) is 22.4. The molecule has 8 nitrogen and oxygen atoms in total. The predicted octanol–water partition coefficient (Wildman–Crippen LogP) is 5.31. The molecule has 0 saturated carbocycles. The van der Waals surface area contributed by atoms with Crippen molar-refractivity contribution in [2.75, 3.05) is 24.2 Å². The number of hydrogen-bond acceptors (Lipinski definition) is 8. The van der Waals surface area contributed by atoms with Crippen LogP contribution in [-0.4, -0.2) is 46.9 Å². The molecule has 35 heavy (non-hydrogen) atoms. The smallest absolute Gasteiger partial charge is 0.410 e. The molecule has 10 heteroatoms. The molecule has 0 spiro atoms. The van der Waals surface area contributed by atoms with Gasteiger partial charge < -0.3 is 25.4 Å². The third-order valence-corrected chi connectivity index (χ3v) is 7.75. The molecule has 0 saturated heterocycles. The summed E-state index contributed by atoms with van der Waals surface area (Å²) >= 11 is 2.76. The second-order valence-corrected chi connectivity index (χ2v) is 11.5. The number of amides is 2. The lowest BCUT2D eigenvalue weighted by Gasteiger charge is -2.30. The SMILES string of the molecule is CCOC(=O)c1c(NC(=O)C(CC)Sc2ccc(N)cc2)sc2c1CCN(C(=O)OC(C)(C)C)C2. The van der Waals surface area contributed by atoms with Gasteiger partial charge in [0.1, 0.15) is 10.6 Å². The van der Waals surface area contributed by atoms with Gasteiger partial charge >= 0.3 is 12.1 Å². The van der Waals surface area contributed by atoms with Gasteiger partial charge in [-0.1, -0.05) is 6.92 Å². The van der Waals surface area contributed by atoms with E-state index in [-0.39, 0.29) is 17.8 Å². The molecule has 2 amide bonds. The topological polar surface area (TPSA) is 111 Å². The molecule has 0 fully saturated rings. The molecule has 1 unspecified atom stereocenters. The van der Waals surface area contributed by atoms with Crippen molar-refractivity contribution in [1.82, 2.24) is 4.90 Å². The molecule has 0 radical (unpaired) electrons. The zero-order chi connectivity index (χ0) is 25.8. The van der Waals surface area contributed by atoms with E-state index < -0.39 is 17.7 Å². The summed E-state index contributed by atoms with van der Waals surface area (Å²) in [6, 6.07) is 7.37. The Balaban J connectivity index is 1.83. The number of fused-ring (bicyclic) bond motifs is 1. The first-order chi connectivity index (χ1) is 16.5. The highest BCUT2D eigenvalue weighted by atomic mass is 32.2. The average molecular weight is 520 g/mol. The van der Waals surface area contributed by atoms with E-state index in [1.165, 1.54) is 23.1 Å². The van der Waals surface area contributed by atoms with Gasteiger partial charge in [-0.15, -0.1) is 23.1 Å². The van der Waals surface area contributed by atoms with Crippen LogP contribution in [0.1, 0.15) is 61.8 Å².